The summed E-state index contributed by atoms with van der Waals surface area (Å²) in [5, 5.41) is 15.8. The zero-order valence-corrected chi connectivity index (χ0v) is 21.8. The second-order valence-corrected chi connectivity index (χ2v) is 9.59. The van der Waals surface area contributed by atoms with E-state index in [1.54, 1.807) is 25.3 Å². The van der Waals surface area contributed by atoms with E-state index in [-0.39, 0.29) is 11.4 Å². The molecular weight excluding hydrogens is 476 g/mol. The molecule has 0 spiro atoms. The fraction of sp³-hybridized carbons (Fsp3) is 0.333. The number of thioether (sulfide) groups is 1. The summed E-state index contributed by atoms with van der Waals surface area (Å²) in [7, 11) is 1.56. The molecule has 0 atom stereocenters. The third-order valence-electron chi connectivity index (χ3n) is 5.54. The number of carbonyl (C=O) groups is 1. The monoisotopic (exact) mass is 506 g/mol. The number of unbranched alkanes of at least 4 members (excludes halogenated alkanes) is 1. The Hall–Kier alpha value is -3.59. The van der Waals surface area contributed by atoms with Gasteiger partial charge in [-0.1, -0.05) is 25.5 Å². The number of carbonyl (C=O) groups excluding carboxylic acids is 1. The Balaban J connectivity index is 1.42. The van der Waals surface area contributed by atoms with Crippen molar-refractivity contribution < 1.29 is 19.0 Å². The molecule has 2 aliphatic heterocycles. The molecule has 8 nitrogen and oxygen atoms in total. The lowest BCUT2D eigenvalue weighted by Gasteiger charge is -2.20. The molecule has 2 aromatic carbocycles. The van der Waals surface area contributed by atoms with E-state index in [9.17, 15) is 4.79 Å². The van der Waals surface area contributed by atoms with Crippen LogP contribution >= 0.6 is 11.8 Å². The van der Waals surface area contributed by atoms with Gasteiger partial charge in [0, 0.05) is 0 Å². The SMILES string of the molecule is CCCCC1=NN2C(=N)C(=Cc3ccc(OCCOc4cc(C)cc(C)c4)c(OC)c3)C(=O)N=C2S1. The van der Waals surface area contributed by atoms with Crippen LogP contribution < -0.4 is 14.2 Å². The predicted octanol–water partition coefficient (Wildman–Crippen LogP) is 5.58. The smallest absolute Gasteiger partial charge is 0.283 e. The molecule has 2 heterocycles. The number of amides is 1. The van der Waals surface area contributed by atoms with Crippen molar-refractivity contribution in [3.05, 3.63) is 58.7 Å². The normalized spacial score (nSPS) is 16.1. The minimum atomic E-state index is -0.450. The first-order valence-corrected chi connectivity index (χ1v) is 12.7. The molecule has 188 valence electrons. The van der Waals surface area contributed by atoms with Gasteiger partial charge in [0.2, 0.25) is 5.17 Å². The molecule has 0 aromatic heterocycles. The second kappa shape index (κ2) is 11.4. The number of fused-ring (bicyclic) bond motifs is 1. The molecule has 9 heteroatoms. The van der Waals surface area contributed by atoms with Crippen molar-refractivity contribution >= 4 is 39.8 Å². The van der Waals surface area contributed by atoms with Crippen molar-refractivity contribution in [1.29, 1.82) is 5.41 Å². The molecule has 0 saturated carbocycles. The van der Waals surface area contributed by atoms with Crippen LogP contribution in [0, 0.1) is 19.3 Å². The number of amidine groups is 2. The van der Waals surface area contributed by atoms with Gasteiger partial charge in [-0.25, -0.2) is 0 Å². The zero-order chi connectivity index (χ0) is 25.7. The number of nitrogens with one attached hydrogen (secondary N) is 1. The summed E-state index contributed by atoms with van der Waals surface area (Å²) >= 11 is 1.36. The largest absolute Gasteiger partial charge is 0.493 e. The number of methoxy groups -OCH3 is 1. The first-order valence-electron chi connectivity index (χ1n) is 11.9. The molecular formula is C27H30N4O4S. The molecule has 1 N–H and O–H groups in total. The minimum absolute atomic E-state index is 0.0202. The van der Waals surface area contributed by atoms with E-state index in [1.807, 2.05) is 32.0 Å². The van der Waals surface area contributed by atoms with E-state index < -0.39 is 5.91 Å². The van der Waals surface area contributed by atoms with Gasteiger partial charge >= 0.3 is 0 Å². The molecule has 4 rings (SSSR count). The van der Waals surface area contributed by atoms with Crippen LogP contribution in [0.1, 0.15) is 42.9 Å². The van der Waals surface area contributed by atoms with Crippen LogP contribution in [0.25, 0.3) is 6.08 Å². The molecule has 0 aliphatic carbocycles. The maximum absolute atomic E-state index is 12.7. The van der Waals surface area contributed by atoms with Crippen LogP contribution in [0.2, 0.25) is 0 Å². The van der Waals surface area contributed by atoms with Crippen molar-refractivity contribution in [2.24, 2.45) is 10.1 Å². The van der Waals surface area contributed by atoms with E-state index in [0.717, 1.165) is 41.2 Å². The van der Waals surface area contributed by atoms with Crippen LogP contribution in [0.3, 0.4) is 0 Å². The van der Waals surface area contributed by atoms with Gasteiger partial charge in [0.05, 0.1) is 12.7 Å². The lowest BCUT2D eigenvalue weighted by molar-refractivity contribution is -0.114. The van der Waals surface area contributed by atoms with E-state index in [0.29, 0.717) is 35.4 Å². The lowest BCUT2D eigenvalue weighted by atomic mass is 10.1. The Morgan fingerprint density at radius 1 is 1.06 bits per heavy atom. The van der Waals surface area contributed by atoms with Crippen LogP contribution in [0.15, 0.2) is 52.1 Å². The Labute approximate surface area is 215 Å². The van der Waals surface area contributed by atoms with Crippen LogP contribution in [0.4, 0.5) is 0 Å². The highest BCUT2D eigenvalue weighted by molar-refractivity contribution is 8.26. The Kier molecular flexibility index (Phi) is 8.10. The standard InChI is InChI=1S/C27H30N4O4S/c1-5-6-7-24-30-31-25(28)21(26(32)29-27(31)36-24)15-19-8-9-22(23(16-19)33-4)35-11-10-34-20-13-17(2)12-18(3)14-20/h8-9,12-16,28H,5-7,10-11H2,1-4H3. The molecule has 2 aromatic rings. The van der Waals surface area contributed by atoms with E-state index in [1.165, 1.54) is 16.8 Å². The topological polar surface area (TPSA) is 96.6 Å². The van der Waals surface area contributed by atoms with E-state index in [2.05, 4.69) is 23.1 Å². The molecule has 36 heavy (non-hydrogen) atoms. The highest BCUT2D eigenvalue weighted by Crippen LogP contribution is 2.32. The minimum Gasteiger partial charge on any atom is -0.493 e. The first-order chi connectivity index (χ1) is 17.4. The van der Waals surface area contributed by atoms with Crippen LogP contribution in [-0.2, 0) is 4.79 Å². The Bertz CT molecular complexity index is 1250. The number of hydrogen-bond donors (Lipinski definition) is 1. The van der Waals surface area contributed by atoms with Gasteiger partial charge in [-0.2, -0.15) is 15.1 Å². The van der Waals surface area contributed by atoms with Crippen molar-refractivity contribution in [3.8, 4) is 17.2 Å². The number of aliphatic imine (C=N–C) groups is 1. The second-order valence-electron chi connectivity index (χ2n) is 8.55. The number of nitrogens with zero attached hydrogens (tertiary/aromatic N) is 3. The summed E-state index contributed by atoms with van der Waals surface area (Å²) in [6.07, 6.45) is 4.49. The van der Waals surface area contributed by atoms with Crippen molar-refractivity contribution in [1.82, 2.24) is 5.01 Å². The fourth-order valence-corrected chi connectivity index (χ4v) is 4.77. The average molecular weight is 507 g/mol. The number of benzene rings is 2. The lowest BCUT2D eigenvalue weighted by Crippen LogP contribution is -2.35. The maximum Gasteiger partial charge on any atom is 0.283 e. The number of hydrazone groups is 1. The van der Waals surface area contributed by atoms with Gasteiger partial charge in [0.1, 0.15) is 24.0 Å². The summed E-state index contributed by atoms with van der Waals surface area (Å²) in [4.78, 5) is 16.8. The van der Waals surface area contributed by atoms with Gasteiger partial charge in [-0.15, -0.1) is 0 Å². The molecule has 0 unspecified atom stereocenters. The summed E-state index contributed by atoms with van der Waals surface area (Å²) in [6, 6.07) is 11.4. The molecule has 0 radical (unpaired) electrons. The summed E-state index contributed by atoms with van der Waals surface area (Å²) in [6.45, 7) is 6.91. The number of ether oxygens (including phenoxy) is 3. The van der Waals surface area contributed by atoms with Gasteiger partial charge in [-0.3, -0.25) is 10.2 Å². The quantitative estimate of drug-likeness (QED) is 0.334. The number of rotatable bonds is 10. The Morgan fingerprint density at radius 2 is 1.81 bits per heavy atom. The third kappa shape index (κ3) is 5.96. The van der Waals surface area contributed by atoms with Crippen LogP contribution in [-0.4, -0.2) is 47.3 Å². The van der Waals surface area contributed by atoms with Gasteiger partial charge in [-0.05, 0) is 85.5 Å². The predicted molar refractivity (Wildman–Crippen MR) is 144 cm³/mol. The average Bonchev–Trinajstić information content (AvgIpc) is 3.25. The van der Waals surface area contributed by atoms with Gasteiger partial charge < -0.3 is 14.2 Å². The van der Waals surface area contributed by atoms with E-state index in [4.69, 9.17) is 19.6 Å². The number of hydrogen-bond acceptors (Lipinski definition) is 7. The maximum atomic E-state index is 12.7. The Morgan fingerprint density at radius 3 is 2.53 bits per heavy atom. The molecule has 0 fully saturated rings. The van der Waals surface area contributed by atoms with Gasteiger partial charge in [0.15, 0.2) is 17.3 Å². The summed E-state index contributed by atoms with van der Waals surface area (Å²) in [5.74, 6) is 1.47. The molecule has 1 amide bonds. The summed E-state index contributed by atoms with van der Waals surface area (Å²) in [5.41, 5.74) is 3.17. The highest BCUT2D eigenvalue weighted by atomic mass is 32.2. The summed E-state index contributed by atoms with van der Waals surface area (Å²) < 4.78 is 17.2. The highest BCUT2D eigenvalue weighted by Gasteiger charge is 2.35. The van der Waals surface area contributed by atoms with Crippen molar-refractivity contribution in [2.45, 2.75) is 40.0 Å². The van der Waals surface area contributed by atoms with Crippen LogP contribution in [0.5, 0.6) is 17.2 Å². The molecule has 0 saturated heterocycles. The first kappa shape index (κ1) is 25.5. The van der Waals surface area contributed by atoms with Crippen molar-refractivity contribution in [3.63, 3.8) is 0 Å². The molecule has 2 aliphatic rings. The third-order valence-corrected chi connectivity index (χ3v) is 6.51. The van der Waals surface area contributed by atoms with E-state index >= 15 is 0 Å². The van der Waals surface area contributed by atoms with Gasteiger partial charge in [0.25, 0.3) is 5.91 Å². The zero-order valence-electron chi connectivity index (χ0n) is 21.0. The fourth-order valence-electron chi connectivity index (χ4n) is 3.85. The molecule has 0 bridgehead atoms. The van der Waals surface area contributed by atoms with Crippen molar-refractivity contribution in [2.75, 3.05) is 20.3 Å². The number of aryl methyl sites for hydroxylation is 2.